The summed E-state index contributed by atoms with van der Waals surface area (Å²) in [5, 5.41) is 7.15. The molecule has 0 saturated heterocycles. The molecule has 5 aromatic rings. The van der Waals surface area contributed by atoms with Gasteiger partial charge in [-0.3, -0.25) is 4.99 Å². The number of alkyl halides is 1. The van der Waals surface area contributed by atoms with Crippen molar-refractivity contribution in [2.45, 2.75) is 5.50 Å². The van der Waals surface area contributed by atoms with Crippen LogP contribution in [0.3, 0.4) is 0 Å². The van der Waals surface area contributed by atoms with Crippen LogP contribution in [0.1, 0.15) is 22.2 Å². The fraction of sp³-hybridized carbons (Fsp3) is 0.295. The number of nitrogens with zero attached hydrogens (tertiary/aromatic N) is 3. The largest absolute Gasteiger partial charge is 0.487 e. The van der Waals surface area contributed by atoms with Gasteiger partial charge in [0.2, 0.25) is 0 Å². The summed E-state index contributed by atoms with van der Waals surface area (Å²) >= 11 is 6.18. The first-order valence-electron chi connectivity index (χ1n) is 18.4. The van der Waals surface area contributed by atoms with Gasteiger partial charge in [-0.2, -0.15) is 0 Å². The number of nitrogens with one attached hydrogen (secondary N) is 2. The molecule has 0 fully saturated rings. The lowest BCUT2D eigenvalue weighted by Crippen LogP contribution is -2.12. The van der Waals surface area contributed by atoms with Crippen LogP contribution in [0.25, 0.3) is 10.9 Å². The van der Waals surface area contributed by atoms with Crippen molar-refractivity contribution in [3.8, 4) is 47.7 Å². The molecule has 1 aliphatic rings. The van der Waals surface area contributed by atoms with Crippen LogP contribution in [0.4, 0.5) is 22.9 Å². The van der Waals surface area contributed by atoms with Crippen LogP contribution in [-0.2, 0) is 18.9 Å². The number of methoxy groups -OCH3 is 4. The lowest BCUT2D eigenvalue weighted by Gasteiger charge is -2.20. The van der Waals surface area contributed by atoms with E-state index in [9.17, 15) is 0 Å². The minimum atomic E-state index is -0.431. The summed E-state index contributed by atoms with van der Waals surface area (Å²) in [6.45, 7) is 3.59. The highest BCUT2D eigenvalue weighted by Gasteiger charge is 2.20. The number of hydrogen-bond acceptors (Lipinski definition) is 14. The fourth-order valence-corrected chi connectivity index (χ4v) is 5.39. The zero-order valence-corrected chi connectivity index (χ0v) is 34.3. The van der Waals surface area contributed by atoms with Crippen molar-refractivity contribution in [2.75, 3.05) is 97.7 Å². The summed E-state index contributed by atoms with van der Waals surface area (Å²) in [4.78, 5) is 12.9. The third kappa shape index (κ3) is 14.6. The van der Waals surface area contributed by atoms with Crippen molar-refractivity contribution in [2.24, 2.45) is 4.99 Å². The molecule has 0 aliphatic carbocycles. The van der Waals surface area contributed by atoms with Gasteiger partial charge in [0, 0.05) is 79.7 Å². The van der Waals surface area contributed by atoms with Crippen LogP contribution in [0, 0.1) is 24.7 Å². The molecule has 0 bridgehead atoms. The van der Waals surface area contributed by atoms with Crippen LogP contribution in [0.2, 0.25) is 0 Å². The smallest absolute Gasteiger partial charge is 0.163 e. The SMILES string of the molecule is C#Cc1cccc(N)c1.C#Cc1cccc(Nc2ncnc3cc(OCCOC)c(OCCOC)cc23)c1.COCCOc1cc2c(cc1OCCOC)C(Cl)N=CN2. The Kier molecular flexibility index (Phi) is 19.4. The number of hydrogen-bond donors (Lipinski definition) is 3. The van der Waals surface area contributed by atoms with Gasteiger partial charge in [-0.05, 0) is 48.5 Å². The molecule has 59 heavy (non-hydrogen) atoms. The summed E-state index contributed by atoms with van der Waals surface area (Å²) in [7, 11) is 6.50. The third-order valence-electron chi connectivity index (χ3n) is 8.02. The summed E-state index contributed by atoms with van der Waals surface area (Å²) in [6.07, 6.45) is 13.7. The number of nitrogens with two attached hydrogens (primary N) is 1. The molecule has 1 atom stereocenters. The van der Waals surface area contributed by atoms with Gasteiger partial charge in [-0.1, -0.05) is 35.6 Å². The van der Waals surface area contributed by atoms with Gasteiger partial charge in [-0.25, -0.2) is 9.97 Å². The van der Waals surface area contributed by atoms with Gasteiger partial charge in [0.05, 0.1) is 38.3 Å². The molecule has 0 saturated carbocycles. The average molecular weight is 825 g/mol. The Morgan fingerprint density at radius 2 is 1.22 bits per heavy atom. The Balaban J connectivity index is 0.000000222. The van der Waals surface area contributed by atoms with Crippen molar-refractivity contribution in [3.63, 3.8) is 0 Å². The third-order valence-corrected chi connectivity index (χ3v) is 8.37. The number of nitrogen functional groups attached to an aromatic ring is 1. The van der Waals surface area contributed by atoms with Crippen LogP contribution >= 0.6 is 11.6 Å². The number of anilines is 4. The molecule has 14 nitrogen and oxygen atoms in total. The van der Waals surface area contributed by atoms with E-state index in [1.54, 1.807) is 46.9 Å². The van der Waals surface area contributed by atoms with Gasteiger partial charge in [0.15, 0.2) is 28.5 Å². The first-order valence-corrected chi connectivity index (χ1v) is 18.8. The molecular formula is C44H49ClN6O8. The van der Waals surface area contributed by atoms with Gasteiger partial charge >= 0.3 is 0 Å². The van der Waals surface area contributed by atoms with Crippen molar-refractivity contribution >= 4 is 51.7 Å². The van der Waals surface area contributed by atoms with E-state index in [0.29, 0.717) is 87.4 Å². The molecule has 6 rings (SSSR count). The average Bonchev–Trinajstić information content (AvgIpc) is 3.25. The lowest BCUT2D eigenvalue weighted by atomic mass is 10.1. The summed E-state index contributed by atoms with van der Waals surface area (Å²) in [5.41, 5.74) is 10.6. The van der Waals surface area contributed by atoms with Crippen molar-refractivity contribution in [3.05, 3.63) is 95.8 Å². The quantitative estimate of drug-likeness (QED) is 0.0271. The highest BCUT2D eigenvalue weighted by molar-refractivity contribution is 6.22. The zero-order chi connectivity index (χ0) is 42.2. The number of terminal acetylenes is 2. The number of aromatic nitrogens is 2. The van der Waals surface area contributed by atoms with E-state index < -0.39 is 5.50 Å². The number of halogens is 1. The molecule has 0 spiro atoms. The molecule has 15 heteroatoms. The maximum atomic E-state index is 6.18. The minimum absolute atomic E-state index is 0.392. The standard InChI is InChI=1S/C22H23N3O4.C14H19ClN2O4.C8H7N/c1-4-16-6-5-7-17(12-16)25-22-18-13-20(28-10-8-26-2)21(29-11-9-27-3)14-19(18)23-15-24-22;1-18-3-5-20-12-7-10-11(16-9-17-14(10)15)8-13(12)21-6-4-19-2;1-2-7-4-3-5-8(9)6-7/h1,5-7,12-15H,8-11H2,2-3H3,(H,23,24,25);7-9,14H,3-6H2,1-2H3,(H,16,17);1,3-6H,9H2. The molecule has 0 radical (unpaired) electrons. The zero-order valence-electron chi connectivity index (χ0n) is 33.5. The second-order valence-corrected chi connectivity index (χ2v) is 12.6. The highest BCUT2D eigenvalue weighted by atomic mass is 35.5. The Morgan fingerprint density at radius 3 is 1.78 bits per heavy atom. The van der Waals surface area contributed by atoms with E-state index in [-0.39, 0.29) is 0 Å². The Morgan fingerprint density at radius 1 is 0.678 bits per heavy atom. The van der Waals surface area contributed by atoms with E-state index in [1.807, 2.05) is 60.7 Å². The van der Waals surface area contributed by atoms with E-state index in [0.717, 1.165) is 39.0 Å². The maximum absolute atomic E-state index is 6.18. The fourth-order valence-electron chi connectivity index (χ4n) is 5.16. The van der Waals surface area contributed by atoms with E-state index >= 15 is 0 Å². The number of aliphatic imine (C=N–C) groups is 1. The molecule has 1 unspecified atom stereocenters. The first kappa shape index (κ1) is 45.4. The topological polar surface area (TPSA) is 162 Å². The highest BCUT2D eigenvalue weighted by Crippen LogP contribution is 2.40. The Hall–Kier alpha value is -6.26. The molecule has 0 amide bonds. The summed E-state index contributed by atoms with van der Waals surface area (Å²) < 4.78 is 43.2. The number of benzene rings is 4. The predicted molar refractivity (Wildman–Crippen MR) is 233 cm³/mol. The van der Waals surface area contributed by atoms with E-state index in [4.69, 9.17) is 68.1 Å². The molecule has 1 aromatic heterocycles. The molecular weight excluding hydrogens is 776 g/mol. The van der Waals surface area contributed by atoms with Crippen molar-refractivity contribution < 1.29 is 37.9 Å². The maximum Gasteiger partial charge on any atom is 0.163 e. The van der Waals surface area contributed by atoms with Gasteiger partial charge in [0.1, 0.15) is 38.6 Å². The second kappa shape index (κ2) is 25.2. The summed E-state index contributed by atoms with van der Waals surface area (Å²) in [5.74, 6) is 8.18. The number of fused-ring (bicyclic) bond motifs is 2. The van der Waals surface area contributed by atoms with Gasteiger partial charge in [0.25, 0.3) is 0 Å². The minimum Gasteiger partial charge on any atom is -0.487 e. The van der Waals surface area contributed by atoms with Crippen LogP contribution in [-0.4, -0.2) is 97.6 Å². The first-order chi connectivity index (χ1) is 28.8. The normalized spacial score (nSPS) is 12.2. The molecule has 310 valence electrons. The summed E-state index contributed by atoms with van der Waals surface area (Å²) in [6, 6.07) is 22.2. The molecule has 1 aliphatic heterocycles. The molecule has 2 heterocycles. The van der Waals surface area contributed by atoms with E-state index in [2.05, 4.69) is 37.4 Å². The number of ether oxygens (including phenoxy) is 8. The molecule has 4 aromatic carbocycles. The monoisotopic (exact) mass is 824 g/mol. The predicted octanol–water partition coefficient (Wildman–Crippen LogP) is 7.08. The molecule has 4 N–H and O–H groups in total. The Labute approximate surface area is 350 Å². The van der Waals surface area contributed by atoms with Crippen molar-refractivity contribution in [1.29, 1.82) is 0 Å². The second-order valence-electron chi connectivity index (χ2n) is 12.2. The Bertz CT molecular complexity index is 2190. The van der Waals surface area contributed by atoms with Crippen LogP contribution < -0.4 is 35.3 Å². The van der Waals surface area contributed by atoms with Crippen molar-refractivity contribution in [1.82, 2.24) is 9.97 Å². The van der Waals surface area contributed by atoms with E-state index in [1.165, 1.54) is 6.33 Å². The van der Waals surface area contributed by atoms with Crippen LogP contribution in [0.15, 0.2) is 84.1 Å². The number of rotatable bonds is 18. The van der Waals surface area contributed by atoms with Gasteiger partial charge in [-0.15, -0.1) is 12.8 Å². The van der Waals surface area contributed by atoms with Gasteiger partial charge < -0.3 is 54.3 Å². The van der Waals surface area contributed by atoms with Crippen LogP contribution in [0.5, 0.6) is 23.0 Å². The lowest BCUT2D eigenvalue weighted by molar-refractivity contribution is 0.132.